The molecule has 0 aliphatic heterocycles. The maximum atomic E-state index is 6.35. The summed E-state index contributed by atoms with van der Waals surface area (Å²) in [6.07, 6.45) is 53.0. The quantitative estimate of drug-likeness (QED) is 0.0542. The van der Waals surface area contributed by atoms with Gasteiger partial charge in [-0.2, -0.15) is 0 Å². The Bertz CT molecular complexity index is 690. The minimum atomic E-state index is 0.350. The molecule has 0 N–H and O–H groups in total. The number of hydrogen-bond donors (Lipinski definition) is 0. The van der Waals surface area contributed by atoms with Crippen LogP contribution in [-0.4, -0.2) is 25.4 Å². The van der Waals surface area contributed by atoms with Crippen LogP contribution in [0.3, 0.4) is 0 Å². The maximum absolute atomic E-state index is 6.35. The van der Waals surface area contributed by atoms with E-state index < -0.39 is 0 Å². The average Bonchev–Trinajstić information content (AvgIpc) is 3.03. The van der Waals surface area contributed by atoms with Crippen LogP contribution in [0.5, 0.6) is 0 Å². The number of ether oxygens (including phenoxy) is 2. The minimum Gasteiger partial charge on any atom is -0.375 e. The lowest BCUT2D eigenvalue weighted by atomic mass is 9.77. The predicted molar refractivity (Wildman–Crippen MR) is 197 cm³/mol. The fourth-order valence-electron chi connectivity index (χ4n) is 6.11. The molecule has 0 aromatic heterocycles. The van der Waals surface area contributed by atoms with Crippen molar-refractivity contribution in [3.63, 3.8) is 0 Å². The van der Waals surface area contributed by atoms with E-state index in [9.17, 15) is 0 Å². The standard InChI is InChI=1S/C42H76O2/c1-4-7-9-11-13-15-17-19-21-23-25-27-29-31-33-35-37-43-41-39-40(6-3)42(41)44-38-36-34-32-30-28-26-24-22-20-18-16-14-12-10-8-5-2/h13-16,19-22,40-42H,4-12,17-18,23-39H2,1-3H3/b15-13-,16-14-,21-19-,22-20-/t40-,41-,42+/m1/s1. The van der Waals surface area contributed by atoms with E-state index >= 15 is 0 Å². The zero-order chi connectivity index (χ0) is 31.6. The Kier molecular flexibility index (Phi) is 30.9. The van der Waals surface area contributed by atoms with Crippen LogP contribution in [0.1, 0.15) is 188 Å². The Hall–Kier alpha value is -1.12. The molecule has 2 heteroatoms. The Morgan fingerprint density at radius 2 is 0.818 bits per heavy atom. The smallest absolute Gasteiger partial charge is 0.0865 e. The Balaban J connectivity index is 1.90. The first-order chi connectivity index (χ1) is 21.8. The summed E-state index contributed by atoms with van der Waals surface area (Å²) in [4.78, 5) is 0. The van der Waals surface area contributed by atoms with E-state index in [4.69, 9.17) is 9.47 Å². The first kappa shape index (κ1) is 40.9. The molecule has 3 atom stereocenters. The van der Waals surface area contributed by atoms with Crippen LogP contribution < -0.4 is 0 Å². The second kappa shape index (κ2) is 33.2. The van der Waals surface area contributed by atoms with Crippen LogP contribution in [0.2, 0.25) is 0 Å². The molecule has 0 aromatic rings. The van der Waals surface area contributed by atoms with Crippen molar-refractivity contribution in [1.29, 1.82) is 0 Å². The summed E-state index contributed by atoms with van der Waals surface area (Å²) in [6, 6.07) is 0. The molecule has 1 saturated carbocycles. The molecule has 2 nitrogen and oxygen atoms in total. The van der Waals surface area contributed by atoms with Crippen molar-refractivity contribution in [3.8, 4) is 0 Å². The van der Waals surface area contributed by atoms with Gasteiger partial charge in [-0.05, 0) is 89.4 Å². The van der Waals surface area contributed by atoms with Crippen LogP contribution in [0.4, 0.5) is 0 Å². The Labute approximate surface area is 276 Å². The molecular formula is C42H76O2. The molecule has 0 spiro atoms. The van der Waals surface area contributed by atoms with Crippen LogP contribution in [0, 0.1) is 5.92 Å². The summed E-state index contributed by atoms with van der Waals surface area (Å²) < 4.78 is 12.6. The lowest BCUT2D eigenvalue weighted by Crippen LogP contribution is -2.49. The maximum Gasteiger partial charge on any atom is 0.0865 e. The van der Waals surface area contributed by atoms with Crippen LogP contribution >= 0.6 is 0 Å². The molecule has 256 valence electrons. The van der Waals surface area contributed by atoms with Gasteiger partial charge >= 0.3 is 0 Å². The van der Waals surface area contributed by atoms with Gasteiger partial charge in [-0.25, -0.2) is 0 Å². The molecule has 0 radical (unpaired) electrons. The van der Waals surface area contributed by atoms with Crippen molar-refractivity contribution < 1.29 is 9.47 Å². The van der Waals surface area contributed by atoms with Crippen molar-refractivity contribution in [2.24, 2.45) is 5.92 Å². The van der Waals surface area contributed by atoms with Gasteiger partial charge in [-0.3, -0.25) is 0 Å². The number of unbranched alkanes of at least 4 members (excludes halogenated alkanes) is 18. The largest absolute Gasteiger partial charge is 0.375 e. The normalized spacial score (nSPS) is 18.9. The van der Waals surface area contributed by atoms with E-state index in [1.807, 2.05) is 0 Å². The molecule has 1 fully saturated rings. The van der Waals surface area contributed by atoms with Crippen molar-refractivity contribution in [2.75, 3.05) is 13.2 Å². The SMILES string of the molecule is CCCCC/C=C\C/C=C\CCCCCCCCO[C@H]1[C@H](CC)C[C@H]1OCCCCCCCC/C=C\C/C=C\CCCCC. The van der Waals surface area contributed by atoms with Crippen molar-refractivity contribution in [3.05, 3.63) is 48.6 Å². The van der Waals surface area contributed by atoms with E-state index in [1.165, 1.54) is 154 Å². The molecule has 1 rings (SSSR count). The third-order valence-electron chi connectivity index (χ3n) is 9.22. The lowest BCUT2D eigenvalue weighted by Gasteiger charge is -2.43. The summed E-state index contributed by atoms with van der Waals surface area (Å²) in [5.41, 5.74) is 0. The summed E-state index contributed by atoms with van der Waals surface area (Å²) in [5, 5.41) is 0. The van der Waals surface area contributed by atoms with Crippen LogP contribution in [-0.2, 0) is 9.47 Å². The highest BCUT2D eigenvalue weighted by Gasteiger charge is 2.41. The summed E-state index contributed by atoms with van der Waals surface area (Å²) in [6.45, 7) is 8.68. The fourth-order valence-corrected chi connectivity index (χ4v) is 6.11. The summed E-state index contributed by atoms with van der Waals surface area (Å²) in [7, 11) is 0. The van der Waals surface area contributed by atoms with E-state index in [2.05, 4.69) is 69.4 Å². The van der Waals surface area contributed by atoms with Crippen LogP contribution in [0.15, 0.2) is 48.6 Å². The van der Waals surface area contributed by atoms with Gasteiger partial charge in [0.25, 0.3) is 0 Å². The Morgan fingerprint density at radius 1 is 0.432 bits per heavy atom. The number of allylic oxidation sites excluding steroid dienone is 8. The lowest BCUT2D eigenvalue weighted by molar-refractivity contribution is -0.165. The molecule has 0 saturated heterocycles. The van der Waals surface area contributed by atoms with E-state index in [1.54, 1.807) is 0 Å². The van der Waals surface area contributed by atoms with Gasteiger partial charge < -0.3 is 9.47 Å². The first-order valence-corrected chi connectivity index (χ1v) is 19.7. The van der Waals surface area contributed by atoms with Crippen molar-refractivity contribution >= 4 is 0 Å². The van der Waals surface area contributed by atoms with Gasteiger partial charge in [-0.15, -0.1) is 0 Å². The van der Waals surface area contributed by atoms with Crippen molar-refractivity contribution in [2.45, 2.75) is 200 Å². The predicted octanol–water partition coefficient (Wildman–Crippen LogP) is 13.8. The molecule has 0 amide bonds. The molecule has 0 aromatic carbocycles. The number of hydrogen-bond acceptors (Lipinski definition) is 2. The first-order valence-electron chi connectivity index (χ1n) is 19.7. The van der Waals surface area contributed by atoms with Gasteiger partial charge in [0.15, 0.2) is 0 Å². The Morgan fingerprint density at radius 3 is 1.25 bits per heavy atom. The highest BCUT2D eigenvalue weighted by atomic mass is 16.5. The highest BCUT2D eigenvalue weighted by Crippen LogP contribution is 2.36. The highest BCUT2D eigenvalue weighted by molar-refractivity contribution is 4.94. The zero-order valence-electron chi connectivity index (χ0n) is 30.0. The average molecular weight is 613 g/mol. The van der Waals surface area contributed by atoms with Gasteiger partial charge in [0.1, 0.15) is 0 Å². The number of rotatable bonds is 33. The third kappa shape index (κ3) is 25.1. The second-order valence-corrected chi connectivity index (χ2v) is 13.3. The van der Waals surface area contributed by atoms with Crippen molar-refractivity contribution in [1.82, 2.24) is 0 Å². The summed E-state index contributed by atoms with van der Waals surface area (Å²) >= 11 is 0. The minimum absolute atomic E-state index is 0.350. The second-order valence-electron chi connectivity index (χ2n) is 13.3. The topological polar surface area (TPSA) is 18.5 Å². The molecule has 1 aliphatic rings. The van der Waals surface area contributed by atoms with E-state index in [-0.39, 0.29) is 0 Å². The molecule has 0 heterocycles. The van der Waals surface area contributed by atoms with Gasteiger partial charge in [-0.1, -0.05) is 153 Å². The van der Waals surface area contributed by atoms with Gasteiger partial charge in [0.05, 0.1) is 12.2 Å². The molecule has 1 aliphatic carbocycles. The van der Waals surface area contributed by atoms with E-state index in [0.29, 0.717) is 18.1 Å². The summed E-state index contributed by atoms with van der Waals surface area (Å²) in [5.74, 6) is 0.709. The monoisotopic (exact) mass is 613 g/mol. The fraction of sp³-hybridized carbons (Fsp3) is 0.810. The van der Waals surface area contributed by atoms with Gasteiger partial charge in [0, 0.05) is 13.2 Å². The van der Waals surface area contributed by atoms with Crippen LogP contribution in [0.25, 0.3) is 0 Å². The molecule has 0 bridgehead atoms. The third-order valence-corrected chi connectivity index (χ3v) is 9.22. The molecule has 44 heavy (non-hydrogen) atoms. The van der Waals surface area contributed by atoms with E-state index in [0.717, 1.165) is 26.1 Å². The van der Waals surface area contributed by atoms with Gasteiger partial charge in [0.2, 0.25) is 0 Å². The molecular weight excluding hydrogens is 536 g/mol. The zero-order valence-corrected chi connectivity index (χ0v) is 30.0. The molecule has 0 unspecified atom stereocenters.